The topological polar surface area (TPSA) is 114 Å². The summed E-state index contributed by atoms with van der Waals surface area (Å²) in [6.45, 7) is 3.48. The van der Waals surface area contributed by atoms with E-state index in [2.05, 4.69) is 24.5 Å². The Balaban J connectivity index is 1.39. The van der Waals surface area contributed by atoms with E-state index in [0.717, 1.165) is 51.4 Å². The number of carbonyl (C=O) groups is 4. The molecule has 9 heteroatoms. The fourth-order valence-electron chi connectivity index (χ4n) is 4.67. The summed E-state index contributed by atoms with van der Waals surface area (Å²) in [7, 11) is 0. The summed E-state index contributed by atoms with van der Waals surface area (Å²) in [6.07, 6.45) is 8.21. The molecule has 1 aliphatic heterocycles. The number of esters is 1. The molecule has 2 unspecified atom stereocenters. The van der Waals surface area contributed by atoms with Gasteiger partial charge in [0, 0.05) is 18.1 Å². The highest BCUT2D eigenvalue weighted by atomic mass is 16.5. The van der Waals surface area contributed by atoms with Gasteiger partial charge in [0.1, 0.15) is 5.75 Å². The molecule has 2 N–H and O–H groups in total. The predicted octanol–water partition coefficient (Wildman–Crippen LogP) is 3.17. The molecule has 0 spiro atoms. The van der Waals surface area contributed by atoms with Crippen LogP contribution in [0.25, 0.3) is 0 Å². The van der Waals surface area contributed by atoms with Crippen LogP contribution >= 0.6 is 0 Å². The summed E-state index contributed by atoms with van der Waals surface area (Å²) in [5, 5.41) is 4.95. The number of hydrogen-bond acceptors (Lipinski definition) is 6. The Kier molecular flexibility index (Phi) is 9.30. The Hall–Kier alpha value is -3.10. The van der Waals surface area contributed by atoms with Crippen LogP contribution in [0.2, 0.25) is 0 Å². The van der Waals surface area contributed by atoms with Crippen molar-refractivity contribution in [3.05, 3.63) is 29.8 Å². The lowest BCUT2D eigenvalue weighted by atomic mass is 9.96. The minimum absolute atomic E-state index is 0.0540. The Labute approximate surface area is 200 Å². The maximum Gasteiger partial charge on any atom is 0.338 e. The second-order valence-electron chi connectivity index (χ2n) is 9.18. The van der Waals surface area contributed by atoms with E-state index in [9.17, 15) is 19.2 Å². The maximum absolute atomic E-state index is 12.6. The minimum atomic E-state index is -0.693. The number of ether oxygens (including phenoxy) is 2. The van der Waals surface area contributed by atoms with Gasteiger partial charge in [-0.3, -0.25) is 14.9 Å². The molecular formula is C25H35N3O6. The smallest absolute Gasteiger partial charge is 0.338 e. The van der Waals surface area contributed by atoms with Gasteiger partial charge in [0.2, 0.25) is 0 Å². The standard InChI is InChI=1S/C25H35N3O6/c1-17-7-6-8-18(2)28(17)23(30)16-33-21-13-11-19(12-14-21)24(31)34-15-22(29)27-25(32)26-20-9-4-3-5-10-20/h11-14,17-18,20H,3-10,15-16H2,1-2H3,(H2,26,27,29,32). The molecule has 2 fully saturated rings. The van der Waals surface area contributed by atoms with E-state index < -0.39 is 24.5 Å². The van der Waals surface area contributed by atoms with Crippen LogP contribution in [-0.4, -0.2) is 60.1 Å². The van der Waals surface area contributed by atoms with Crippen molar-refractivity contribution in [1.29, 1.82) is 0 Å². The first-order chi connectivity index (χ1) is 16.3. The van der Waals surface area contributed by atoms with E-state index in [4.69, 9.17) is 9.47 Å². The van der Waals surface area contributed by atoms with Crippen LogP contribution in [0.5, 0.6) is 5.75 Å². The SMILES string of the molecule is CC1CCCC(C)N1C(=O)COc1ccc(C(=O)OCC(=O)NC(=O)NC2CCCCC2)cc1. The number of imide groups is 1. The van der Waals surface area contributed by atoms with Gasteiger partial charge >= 0.3 is 12.0 Å². The van der Waals surface area contributed by atoms with Crippen molar-refractivity contribution in [3.63, 3.8) is 0 Å². The van der Waals surface area contributed by atoms with Crippen LogP contribution in [0.1, 0.15) is 75.6 Å². The molecule has 3 rings (SSSR count). The van der Waals surface area contributed by atoms with Crippen molar-refractivity contribution in [3.8, 4) is 5.75 Å². The van der Waals surface area contributed by atoms with Crippen molar-refractivity contribution in [1.82, 2.24) is 15.5 Å². The molecule has 1 saturated heterocycles. The molecule has 0 radical (unpaired) electrons. The fourth-order valence-corrected chi connectivity index (χ4v) is 4.67. The van der Waals surface area contributed by atoms with Crippen LogP contribution in [0.4, 0.5) is 4.79 Å². The molecule has 1 aliphatic carbocycles. The average molecular weight is 474 g/mol. The van der Waals surface area contributed by atoms with Crippen LogP contribution in [-0.2, 0) is 14.3 Å². The second-order valence-corrected chi connectivity index (χ2v) is 9.18. The van der Waals surface area contributed by atoms with Crippen LogP contribution in [0, 0.1) is 0 Å². The number of rotatable bonds is 7. The summed E-state index contributed by atoms with van der Waals surface area (Å²) in [5.74, 6) is -0.983. The number of urea groups is 1. The lowest BCUT2D eigenvalue weighted by Crippen LogP contribution is -2.49. The Morgan fingerprint density at radius 3 is 2.18 bits per heavy atom. The van der Waals surface area contributed by atoms with Crippen molar-refractivity contribution in [2.24, 2.45) is 0 Å². The average Bonchev–Trinajstić information content (AvgIpc) is 2.82. The molecule has 1 aromatic rings. The zero-order valence-electron chi connectivity index (χ0n) is 20.0. The third-order valence-electron chi connectivity index (χ3n) is 6.46. The van der Waals surface area contributed by atoms with Gasteiger partial charge in [0.05, 0.1) is 5.56 Å². The molecule has 1 aromatic carbocycles. The first-order valence-corrected chi connectivity index (χ1v) is 12.1. The van der Waals surface area contributed by atoms with E-state index in [1.165, 1.54) is 12.1 Å². The summed E-state index contributed by atoms with van der Waals surface area (Å²) in [4.78, 5) is 50.5. The molecule has 9 nitrogen and oxygen atoms in total. The van der Waals surface area contributed by atoms with E-state index in [-0.39, 0.29) is 36.2 Å². The van der Waals surface area contributed by atoms with Crippen LogP contribution < -0.4 is 15.4 Å². The molecule has 1 saturated carbocycles. The highest BCUT2D eigenvalue weighted by Crippen LogP contribution is 2.23. The number of hydrogen-bond donors (Lipinski definition) is 2. The van der Waals surface area contributed by atoms with Gasteiger partial charge in [-0.25, -0.2) is 9.59 Å². The van der Waals surface area contributed by atoms with E-state index in [0.29, 0.717) is 5.75 Å². The van der Waals surface area contributed by atoms with Crippen LogP contribution in [0.3, 0.4) is 0 Å². The Morgan fingerprint density at radius 1 is 0.882 bits per heavy atom. The molecule has 2 atom stereocenters. The number of carbonyl (C=O) groups excluding carboxylic acids is 4. The quantitative estimate of drug-likeness (QED) is 0.588. The van der Waals surface area contributed by atoms with E-state index in [1.807, 2.05) is 4.90 Å². The van der Waals surface area contributed by atoms with Gasteiger partial charge in [0.25, 0.3) is 11.8 Å². The number of nitrogens with zero attached hydrogens (tertiary/aromatic N) is 1. The highest BCUT2D eigenvalue weighted by Gasteiger charge is 2.29. The van der Waals surface area contributed by atoms with Crippen molar-refractivity contribution in [2.75, 3.05) is 13.2 Å². The summed E-state index contributed by atoms with van der Waals surface area (Å²) in [5.41, 5.74) is 0.233. The lowest BCUT2D eigenvalue weighted by molar-refractivity contribution is -0.139. The molecular weight excluding hydrogens is 438 g/mol. The highest BCUT2D eigenvalue weighted by molar-refractivity contribution is 5.97. The van der Waals surface area contributed by atoms with Gasteiger partial charge in [-0.15, -0.1) is 0 Å². The van der Waals surface area contributed by atoms with Gasteiger partial charge in [-0.05, 0) is 70.2 Å². The van der Waals surface area contributed by atoms with Crippen LogP contribution in [0.15, 0.2) is 24.3 Å². The van der Waals surface area contributed by atoms with Crippen molar-refractivity contribution < 1.29 is 28.7 Å². The summed E-state index contributed by atoms with van der Waals surface area (Å²) < 4.78 is 10.6. The zero-order valence-corrected chi connectivity index (χ0v) is 20.0. The monoisotopic (exact) mass is 473 g/mol. The molecule has 34 heavy (non-hydrogen) atoms. The summed E-state index contributed by atoms with van der Waals surface area (Å²) >= 11 is 0. The lowest BCUT2D eigenvalue weighted by Gasteiger charge is -2.38. The van der Waals surface area contributed by atoms with Crippen molar-refractivity contribution in [2.45, 2.75) is 83.3 Å². The van der Waals surface area contributed by atoms with Gasteiger partial charge in [-0.2, -0.15) is 0 Å². The number of likely N-dealkylation sites (tertiary alicyclic amines) is 1. The second kappa shape index (κ2) is 12.4. The van der Waals surface area contributed by atoms with Gasteiger partial charge in [-0.1, -0.05) is 19.3 Å². The third kappa shape index (κ3) is 7.46. The zero-order chi connectivity index (χ0) is 24.5. The third-order valence-corrected chi connectivity index (χ3v) is 6.46. The number of piperidine rings is 1. The first-order valence-electron chi connectivity index (χ1n) is 12.1. The normalized spacial score (nSPS) is 20.8. The minimum Gasteiger partial charge on any atom is -0.484 e. The predicted molar refractivity (Wildman–Crippen MR) is 125 cm³/mol. The maximum atomic E-state index is 12.6. The molecule has 2 aliphatic rings. The first kappa shape index (κ1) is 25.5. The molecule has 186 valence electrons. The van der Waals surface area contributed by atoms with Crippen molar-refractivity contribution >= 4 is 23.8 Å². The number of amides is 4. The summed E-state index contributed by atoms with van der Waals surface area (Å²) in [6, 6.07) is 6.06. The molecule has 1 heterocycles. The number of nitrogens with one attached hydrogen (secondary N) is 2. The molecule has 0 bridgehead atoms. The number of benzene rings is 1. The Morgan fingerprint density at radius 2 is 1.53 bits per heavy atom. The van der Waals surface area contributed by atoms with E-state index >= 15 is 0 Å². The van der Waals surface area contributed by atoms with Gasteiger partial charge < -0.3 is 19.7 Å². The van der Waals surface area contributed by atoms with E-state index in [1.54, 1.807) is 12.1 Å². The van der Waals surface area contributed by atoms with Gasteiger partial charge in [0.15, 0.2) is 13.2 Å². The fraction of sp³-hybridized carbons (Fsp3) is 0.600. The largest absolute Gasteiger partial charge is 0.484 e. The molecule has 4 amide bonds. The Bertz CT molecular complexity index is 856. The molecule has 0 aromatic heterocycles.